The summed E-state index contributed by atoms with van der Waals surface area (Å²) in [5, 5.41) is 10.6. The highest BCUT2D eigenvalue weighted by molar-refractivity contribution is 7.47. The summed E-state index contributed by atoms with van der Waals surface area (Å²) in [6.07, 6.45) is 67.2. The van der Waals surface area contributed by atoms with Gasteiger partial charge in [-0.1, -0.05) is 395 Å². The Morgan fingerprint density at radius 2 is 0.447 bits per heavy atom. The summed E-state index contributed by atoms with van der Waals surface area (Å²) in [5.74, 6) is -0.493. The lowest BCUT2D eigenvalue weighted by Crippen LogP contribution is -2.30. The minimum absolute atomic E-state index is 0.107. The minimum atomic E-state index is -4.96. The Morgan fingerprint density at radius 1 is 0.262 bits per heavy atom. The quantitative estimate of drug-likeness (QED) is 0.0222. The molecule has 19 heteroatoms. The topological polar surface area (TPSA) is 237 Å². The van der Waals surface area contributed by atoms with E-state index in [0.29, 0.717) is 25.7 Å². The second kappa shape index (κ2) is 75.5. The maximum absolute atomic E-state index is 13.1. The van der Waals surface area contributed by atoms with E-state index in [1.54, 1.807) is 0 Å². The molecule has 0 radical (unpaired) electrons. The molecular weight excluding hydrogens is 1340 g/mol. The number of phosphoric ester groups is 2. The van der Waals surface area contributed by atoms with E-state index in [1.165, 1.54) is 257 Å². The van der Waals surface area contributed by atoms with E-state index in [9.17, 15) is 43.2 Å². The van der Waals surface area contributed by atoms with E-state index in [4.69, 9.17) is 37.0 Å². The van der Waals surface area contributed by atoms with Crippen molar-refractivity contribution in [2.75, 3.05) is 39.6 Å². The average Bonchev–Trinajstić information content (AvgIpc) is 0.918. The van der Waals surface area contributed by atoms with Crippen molar-refractivity contribution in [3.05, 3.63) is 0 Å². The van der Waals surface area contributed by atoms with Crippen molar-refractivity contribution in [2.45, 2.75) is 464 Å². The van der Waals surface area contributed by atoms with Crippen LogP contribution in [0, 0.1) is 11.8 Å². The maximum Gasteiger partial charge on any atom is 0.472 e. The molecule has 3 N–H and O–H groups in total. The van der Waals surface area contributed by atoms with Crippen molar-refractivity contribution >= 4 is 39.5 Å². The number of rotatable bonds is 83. The van der Waals surface area contributed by atoms with E-state index < -0.39 is 97.5 Å². The molecule has 0 aliphatic heterocycles. The molecule has 612 valence electrons. The Balaban J connectivity index is 5.10. The number of ether oxygens (including phenoxy) is 4. The molecule has 0 bridgehead atoms. The van der Waals surface area contributed by atoms with Crippen molar-refractivity contribution in [2.24, 2.45) is 11.8 Å². The van der Waals surface area contributed by atoms with Crippen LogP contribution in [0.5, 0.6) is 0 Å². The van der Waals surface area contributed by atoms with Crippen molar-refractivity contribution in [1.82, 2.24) is 0 Å². The zero-order chi connectivity index (χ0) is 75.6. The van der Waals surface area contributed by atoms with Gasteiger partial charge < -0.3 is 33.8 Å². The van der Waals surface area contributed by atoms with Crippen molar-refractivity contribution in [1.29, 1.82) is 0 Å². The average molecular weight is 1510 g/mol. The first-order valence-corrected chi connectivity index (χ1v) is 46.5. The van der Waals surface area contributed by atoms with Crippen LogP contribution in [-0.4, -0.2) is 96.7 Å². The molecule has 0 aliphatic carbocycles. The number of aliphatic hydroxyl groups is 1. The van der Waals surface area contributed by atoms with Crippen LogP contribution in [0.25, 0.3) is 0 Å². The zero-order valence-electron chi connectivity index (χ0n) is 67.6. The zero-order valence-corrected chi connectivity index (χ0v) is 69.4. The molecule has 0 fully saturated rings. The third kappa shape index (κ3) is 78.0. The lowest BCUT2D eigenvalue weighted by Gasteiger charge is -2.21. The second-order valence-corrected chi connectivity index (χ2v) is 34.1. The highest BCUT2D eigenvalue weighted by atomic mass is 31.2. The van der Waals surface area contributed by atoms with Gasteiger partial charge in [-0.3, -0.25) is 37.3 Å². The van der Waals surface area contributed by atoms with Gasteiger partial charge in [0.2, 0.25) is 0 Å². The smallest absolute Gasteiger partial charge is 0.462 e. The first-order valence-electron chi connectivity index (χ1n) is 43.5. The van der Waals surface area contributed by atoms with Crippen LogP contribution < -0.4 is 0 Å². The Morgan fingerprint density at radius 3 is 0.660 bits per heavy atom. The van der Waals surface area contributed by atoms with Gasteiger partial charge in [-0.15, -0.1) is 0 Å². The summed E-state index contributed by atoms with van der Waals surface area (Å²) in [5.41, 5.74) is 0. The minimum Gasteiger partial charge on any atom is -0.462 e. The molecule has 103 heavy (non-hydrogen) atoms. The number of carbonyl (C=O) groups excluding carboxylic acids is 4. The van der Waals surface area contributed by atoms with Gasteiger partial charge in [0.05, 0.1) is 26.4 Å². The van der Waals surface area contributed by atoms with E-state index in [1.807, 2.05) is 0 Å². The monoisotopic (exact) mass is 1510 g/mol. The van der Waals surface area contributed by atoms with Crippen LogP contribution in [0.15, 0.2) is 0 Å². The molecule has 0 aromatic heterocycles. The number of hydrogen-bond acceptors (Lipinski definition) is 15. The summed E-state index contributed by atoms with van der Waals surface area (Å²) in [6, 6.07) is 0. The number of hydrogen-bond donors (Lipinski definition) is 3. The molecule has 0 amide bonds. The Kier molecular flexibility index (Phi) is 74.1. The molecule has 5 atom stereocenters. The normalized spacial score (nSPS) is 13.9. The lowest BCUT2D eigenvalue weighted by molar-refractivity contribution is -0.161. The van der Waals surface area contributed by atoms with Gasteiger partial charge in [-0.2, -0.15) is 0 Å². The molecule has 0 heterocycles. The van der Waals surface area contributed by atoms with Gasteiger partial charge in [-0.05, 0) is 37.5 Å². The van der Waals surface area contributed by atoms with Gasteiger partial charge in [-0.25, -0.2) is 9.13 Å². The molecular formula is C84H164O17P2. The summed E-state index contributed by atoms with van der Waals surface area (Å²) in [6.45, 7) is 9.63. The lowest BCUT2D eigenvalue weighted by atomic mass is 10.0. The Labute approximate surface area is 632 Å². The number of esters is 4. The Bertz CT molecular complexity index is 1980. The third-order valence-electron chi connectivity index (χ3n) is 19.7. The van der Waals surface area contributed by atoms with Crippen molar-refractivity contribution in [3.63, 3.8) is 0 Å². The predicted molar refractivity (Wildman–Crippen MR) is 423 cm³/mol. The maximum atomic E-state index is 13.1. The predicted octanol–water partition coefficient (Wildman–Crippen LogP) is 25.5. The van der Waals surface area contributed by atoms with Gasteiger partial charge in [0.15, 0.2) is 12.2 Å². The standard InChI is InChI=1S/C84H164O17P2/c1-7-9-11-13-14-15-16-17-18-19-20-24-29-34-39-44-49-55-61-67-82(87)95-73-80(101-84(89)69-63-56-50-45-40-35-30-25-22-21-23-27-32-37-42-47-53-58-64-76(3)4)75-99-103(92,93)97-71-78(85)70-96-102(90,91)98-74-79(72-94-81(86)66-60-52-12-10-8-2)100-83(88)68-62-57-51-46-41-36-31-26-28-33-38-43-48-54-59-65-77(5)6/h76-80,85H,7-75H2,1-6H3,(H,90,91)(H,92,93)/t78-,79+,80+/m0/s1. The van der Waals surface area contributed by atoms with Gasteiger partial charge in [0, 0.05) is 25.7 Å². The van der Waals surface area contributed by atoms with Crippen LogP contribution in [0.1, 0.15) is 446 Å². The molecule has 0 aromatic rings. The van der Waals surface area contributed by atoms with Crippen LogP contribution >= 0.6 is 15.6 Å². The van der Waals surface area contributed by atoms with Gasteiger partial charge in [0.1, 0.15) is 19.3 Å². The number of unbranched alkanes of at least 4 members (excludes halogenated alkanes) is 53. The van der Waals surface area contributed by atoms with E-state index in [2.05, 4.69) is 41.5 Å². The molecule has 0 saturated heterocycles. The fourth-order valence-corrected chi connectivity index (χ4v) is 14.6. The molecule has 0 rings (SSSR count). The van der Waals surface area contributed by atoms with Crippen LogP contribution in [0.2, 0.25) is 0 Å². The molecule has 17 nitrogen and oxygen atoms in total. The highest BCUT2D eigenvalue weighted by Gasteiger charge is 2.30. The fraction of sp³-hybridized carbons (Fsp3) is 0.952. The number of phosphoric acid groups is 2. The number of aliphatic hydroxyl groups excluding tert-OH is 1. The molecule has 0 aromatic carbocycles. The third-order valence-corrected chi connectivity index (χ3v) is 21.6. The van der Waals surface area contributed by atoms with E-state index >= 15 is 0 Å². The highest BCUT2D eigenvalue weighted by Crippen LogP contribution is 2.45. The number of carbonyl (C=O) groups is 4. The van der Waals surface area contributed by atoms with Crippen molar-refractivity contribution < 1.29 is 80.2 Å². The van der Waals surface area contributed by atoms with Crippen LogP contribution in [0.4, 0.5) is 0 Å². The summed E-state index contributed by atoms with van der Waals surface area (Å²) in [4.78, 5) is 72.8. The second-order valence-electron chi connectivity index (χ2n) is 31.2. The van der Waals surface area contributed by atoms with Gasteiger partial charge >= 0.3 is 39.5 Å². The summed E-state index contributed by atoms with van der Waals surface area (Å²) in [7, 11) is -9.91. The summed E-state index contributed by atoms with van der Waals surface area (Å²) >= 11 is 0. The molecule has 0 spiro atoms. The molecule has 2 unspecified atom stereocenters. The Hall–Kier alpha value is -1.94. The summed E-state index contributed by atoms with van der Waals surface area (Å²) < 4.78 is 68.6. The van der Waals surface area contributed by atoms with Crippen LogP contribution in [0.3, 0.4) is 0 Å². The van der Waals surface area contributed by atoms with Crippen LogP contribution in [-0.2, 0) is 65.4 Å². The fourth-order valence-electron chi connectivity index (χ4n) is 13.1. The van der Waals surface area contributed by atoms with Crippen molar-refractivity contribution in [3.8, 4) is 0 Å². The molecule has 0 aliphatic rings. The first kappa shape index (κ1) is 101. The van der Waals surface area contributed by atoms with E-state index in [-0.39, 0.29) is 25.7 Å². The van der Waals surface area contributed by atoms with E-state index in [0.717, 1.165) is 108 Å². The SMILES string of the molecule is CCCCCCCCCCCCCCCCCCCCCC(=O)OC[C@H](COP(=O)(O)OC[C@@H](O)COP(=O)(O)OC[C@@H](COC(=O)CCCCCCC)OC(=O)CCCCCCCCCCCCCCCCCC(C)C)OC(=O)CCCCCCCCCCCCCCCCCCCCC(C)C. The largest absolute Gasteiger partial charge is 0.472 e. The first-order chi connectivity index (χ1) is 49.9. The van der Waals surface area contributed by atoms with Gasteiger partial charge in [0.25, 0.3) is 0 Å². The molecule has 0 saturated carbocycles.